The predicted octanol–water partition coefficient (Wildman–Crippen LogP) is 3.56. The SMILES string of the molecule is CC(=O)OCC(=O)[C@@]12OC(C)(C)O[C@@H]1C[C@H]1[C@@H]3CCC4=CC(=O)C=C[C@]4(C)[C@@]3(F)[C@@H](OC(C)=O)C[C@@]12C. The Bertz CT molecular complexity index is 1140. The van der Waals surface area contributed by atoms with Crippen molar-refractivity contribution < 1.29 is 42.5 Å². The third kappa shape index (κ3) is 3.38. The average Bonchev–Trinajstić information content (AvgIpc) is 3.19. The fraction of sp³-hybridized carbons (Fsp3) is 0.714. The smallest absolute Gasteiger partial charge is 0.303 e. The molecule has 8 nitrogen and oxygen atoms in total. The Morgan fingerprint density at radius 1 is 1.11 bits per heavy atom. The number of carbonyl (C=O) groups is 4. The van der Waals surface area contributed by atoms with E-state index in [1.165, 1.54) is 26.0 Å². The van der Waals surface area contributed by atoms with Crippen molar-refractivity contribution in [1.82, 2.24) is 0 Å². The number of halogens is 1. The first kappa shape index (κ1) is 26.2. The van der Waals surface area contributed by atoms with Crippen molar-refractivity contribution in [3.8, 4) is 0 Å². The first-order chi connectivity index (χ1) is 17.1. The summed E-state index contributed by atoms with van der Waals surface area (Å²) in [6.45, 7) is 9.07. The Labute approximate surface area is 215 Å². The number of ketones is 2. The quantitative estimate of drug-likeness (QED) is 0.521. The van der Waals surface area contributed by atoms with E-state index in [1.54, 1.807) is 26.8 Å². The van der Waals surface area contributed by atoms with E-state index in [2.05, 4.69) is 0 Å². The van der Waals surface area contributed by atoms with Crippen molar-refractivity contribution >= 4 is 23.5 Å². The van der Waals surface area contributed by atoms with Gasteiger partial charge in [-0.25, -0.2) is 4.39 Å². The number of ether oxygens (including phenoxy) is 4. The van der Waals surface area contributed by atoms with Crippen molar-refractivity contribution in [3.05, 3.63) is 23.8 Å². The van der Waals surface area contributed by atoms with Gasteiger partial charge in [0.2, 0.25) is 5.78 Å². The highest BCUT2D eigenvalue weighted by Gasteiger charge is 2.80. The monoisotopic (exact) mass is 518 g/mol. The maximum Gasteiger partial charge on any atom is 0.303 e. The first-order valence-electron chi connectivity index (χ1n) is 13.0. The molecule has 0 unspecified atom stereocenters. The third-order valence-electron chi connectivity index (χ3n) is 9.74. The maximum absolute atomic E-state index is 17.9. The minimum Gasteiger partial charge on any atom is -0.459 e. The van der Waals surface area contributed by atoms with E-state index < -0.39 is 70.3 Å². The standard InChI is InChI=1S/C28H35FO8/c1-15(30)34-14-21(33)28-22(36-24(3,4)37-28)12-20-19-8-7-17-11-18(32)9-10-25(17,5)27(19,29)23(35-16(2)31)13-26(20,28)6/h9-11,19-20,22-23H,7-8,12-14H2,1-6H3/t19-,20-,22+,23-,25-,26-,27-,28+/m0/s1. The van der Waals surface area contributed by atoms with E-state index in [0.29, 0.717) is 24.8 Å². The Morgan fingerprint density at radius 3 is 2.46 bits per heavy atom. The lowest BCUT2D eigenvalue weighted by molar-refractivity contribution is -0.251. The number of alkyl halides is 1. The van der Waals surface area contributed by atoms with Gasteiger partial charge in [-0.15, -0.1) is 0 Å². The van der Waals surface area contributed by atoms with Crippen LogP contribution in [0, 0.1) is 22.7 Å². The van der Waals surface area contributed by atoms with E-state index in [1.807, 2.05) is 6.92 Å². The van der Waals surface area contributed by atoms with Gasteiger partial charge in [0.15, 0.2) is 29.4 Å². The topological polar surface area (TPSA) is 105 Å². The summed E-state index contributed by atoms with van der Waals surface area (Å²) in [5.74, 6) is -3.90. The molecule has 4 fully saturated rings. The van der Waals surface area contributed by atoms with E-state index in [0.717, 1.165) is 0 Å². The van der Waals surface area contributed by atoms with Crippen molar-refractivity contribution in [1.29, 1.82) is 0 Å². The summed E-state index contributed by atoms with van der Waals surface area (Å²) in [6.07, 6.45) is 3.91. The Hall–Kier alpha value is -2.39. The van der Waals surface area contributed by atoms with Crippen LogP contribution in [0.3, 0.4) is 0 Å². The number of Topliss-reactive ketones (excluding diaryl/α,β-unsaturated/α-hetero) is 1. The van der Waals surface area contributed by atoms with Crippen LogP contribution in [0.2, 0.25) is 0 Å². The minimum atomic E-state index is -2.02. The van der Waals surface area contributed by atoms with E-state index >= 15 is 4.39 Å². The molecule has 1 saturated heterocycles. The molecule has 0 amide bonds. The molecule has 202 valence electrons. The Balaban J connectivity index is 1.65. The lowest BCUT2D eigenvalue weighted by Gasteiger charge is -2.63. The number of fused-ring (bicyclic) bond motifs is 7. The summed E-state index contributed by atoms with van der Waals surface area (Å²) in [6, 6.07) is 0. The van der Waals surface area contributed by atoms with Gasteiger partial charge in [-0.3, -0.25) is 19.2 Å². The van der Waals surface area contributed by atoms with Crippen molar-refractivity contribution in [3.63, 3.8) is 0 Å². The first-order valence-corrected chi connectivity index (χ1v) is 13.0. The number of rotatable bonds is 4. The second kappa shape index (κ2) is 8.06. The van der Waals surface area contributed by atoms with E-state index in [9.17, 15) is 19.2 Å². The Kier molecular flexibility index (Phi) is 5.71. The largest absolute Gasteiger partial charge is 0.459 e. The average molecular weight is 519 g/mol. The third-order valence-corrected chi connectivity index (χ3v) is 9.74. The fourth-order valence-corrected chi connectivity index (χ4v) is 8.37. The van der Waals surface area contributed by atoms with Gasteiger partial charge >= 0.3 is 11.9 Å². The normalized spacial score (nSPS) is 45.2. The summed E-state index contributed by atoms with van der Waals surface area (Å²) in [5.41, 5.74) is -4.97. The van der Waals surface area contributed by atoms with Crippen molar-refractivity contribution in [2.24, 2.45) is 22.7 Å². The van der Waals surface area contributed by atoms with Gasteiger partial charge in [0.05, 0.1) is 6.10 Å². The van der Waals surface area contributed by atoms with Gasteiger partial charge in [0.1, 0.15) is 6.10 Å². The van der Waals surface area contributed by atoms with Crippen LogP contribution in [0.15, 0.2) is 23.8 Å². The second-order valence-corrected chi connectivity index (χ2v) is 12.1. The summed E-state index contributed by atoms with van der Waals surface area (Å²) in [4.78, 5) is 49.9. The van der Waals surface area contributed by atoms with Crippen LogP contribution < -0.4 is 0 Å². The molecule has 1 aliphatic heterocycles. The summed E-state index contributed by atoms with van der Waals surface area (Å²) in [5, 5.41) is 0. The molecule has 5 aliphatic rings. The van der Waals surface area contributed by atoms with Gasteiger partial charge in [0.25, 0.3) is 0 Å². The molecule has 8 atom stereocenters. The van der Waals surface area contributed by atoms with Crippen LogP contribution in [0.25, 0.3) is 0 Å². The number of hydrogen-bond donors (Lipinski definition) is 0. The zero-order chi connectivity index (χ0) is 27.2. The highest BCUT2D eigenvalue weighted by atomic mass is 19.1. The van der Waals surface area contributed by atoms with Crippen LogP contribution in [0.4, 0.5) is 4.39 Å². The van der Waals surface area contributed by atoms with Crippen LogP contribution in [-0.4, -0.2) is 59.4 Å². The van der Waals surface area contributed by atoms with Crippen molar-refractivity contribution in [2.75, 3.05) is 6.61 Å². The second-order valence-electron chi connectivity index (χ2n) is 12.1. The number of allylic oxidation sites excluding steroid dienone is 4. The van der Waals surface area contributed by atoms with Gasteiger partial charge < -0.3 is 18.9 Å². The van der Waals surface area contributed by atoms with Gasteiger partial charge in [-0.05, 0) is 64.5 Å². The molecule has 9 heteroatoms. The molecule has 4 aliphatic carbocycles. The van der Waals surface area contributed by atoms with E-state index in [-0.39, 0.29) is 18.1 Å². The van der Waals surface area contributed by atoms with E-state index in [4.69, 9.17) is 18.9 Å². The molecule has 37 heavy (non-hydrogen) atoms. The predicted molar refractivity (Wildman–Crippen MR) is 128 cm³/mol. The van der Waals surface area contributed by atoms with Crippen LogP contribution in [0.1, 0.15) is 67.2 Å². The maximum atomic E-state index is 17.9. The summed E-state index contributed by atoms with van der Waals surface area (Å²) < 4.78 is 41.4. The zero-order valence-electron chi connectivity index (χ0n) is 22.2. The fourth-order valence-electron chi connectivity index (χ4n) is 8.37. The molecular weight excluding hydrogens is 483 g/mol. The molecule has 0 N–H and O–H groups in total. The molecule has 0 bridgehead atoms. The minimum absolute atomic E-state index is 0.0106. The molecule has 5 rings (SSSR count). The van der Waals surface area contributed by atoms with Crippen LogP contribution in [-0.2, 0) is 38.1 Å². The molecule has 0 aromatic heterocycles. The molecule has 0 aromatic rings. The lowest BCUT2D eigenvalue weighted by Crippen LogP contribution is -2.70. The molecule has 0 radical (unpaired) electrons. The highest BCUT2D eigenvalue weighted by Crippen LogP contribution is 2.72. The molecule has 3 saturated carbocycles. The number of hydrogen-bond acceptors (Lipinski definition) is 8. The van der Waals surface area contributed by atoms with Gasteiger partial charge in [-0.2, -0.15) is 0 Å². The molecule has 1 heterocycles. The zero-order valence-corrected chi connectivity index (χ0v) is 22.2. The van der Waals surface area contributed by atoms with Crippen LogP contribution in [0.5, 0.6) is 0 Å². The molecule has 0 aromatic carbocycles. The number of carbonyl (C=O) groups excluding carboxylic acids is 4. The Morgan fingerprint density at radius 2 is 1.81 bits per heavy atom. The lowest BCUT2D eigenvalue weighted by atomic mass is 9.44. The molecule has 0 spiro atoms. The van der Waals surface area contributed by atoms with Gasteiger partial charge in [-0.1, -0.05) is 18.6 Å². The number of esters is 2. The van der Waals surface area contributed by atoms with Gasteiger partial charge in [0, 0.05) is 30.6 Å². The highest BCUT2D eigenvalue weighted by molar-refractivity contribution is 6.01. The molecular formula is C28H35FO8. The summed E-state index contributed by atoms with van der Waals surface area (Å²) in [7, 11) is 0. The van der Waals surface area contributed by atoms with Crippen molar-refractivity contribution in [2.45, 2.75) is 96.5 Å². The van der Waals surface area contributed by atoms with Crippen LogP contribution >= 0.6 is 0 Å². The summed E-state index contributed by atoms with van der Waals surface area (Å²) >= 11 is 0.